The molecule has 0 aliphatic rings. The highest BCUT2D eigenvalue weighted by atomic mass is 15.0. The van der Waals surface area contributed by atoms with Gasteiger partial charge in [0.1, 0.15) is 0 Å². The topological polar surface area (TPSA) is 51.0 Å². The molecule has 4 heteroatoms. The SMILES string of the molecule is C/C=N\c1c(CC)cccc1-c1ccc(-c2nc(-c3ccc4ccccc4c3)nc(-c3ccc4ccccc4c3)n2)cc1. The first-order valence-corrected chi connectivity index (χ1v) is 14.7. The van der Waals surface area contributed by atoms with Crippen LogP contribution in [0.15, 0.2) is 132 Å². The van der Waals surface area contributed by atoms with E-state index < -0.39 is 0 Å². The van der Waals surface area contributed by atoms with Crippen molar-refractivity contribution in [2.75, 3.05) is 0 Å². The van der Waals surface area contributed by atoms with Gasteiger partial charge in [-0.3, -0.25) is 4.99 Å². The van der Waals surface area contributed by atoms with Crippen molar-refractivity contribution in [1.82, 2.24) is 15.0 Å². The lowest BCUT2D eigenvalue weighted by atomic mass is 9.98. The molecule has 0 saturated heterocycles. The Morgan fingerprint density at radius 1 is 0.512 bits per heavy atom. The van der Waals surface area contributed by atoms with Gasteiger partial charge < -0.3 is 0 Å². The number of aromatic nitrogens is 3. The smallest absolute Gasteiger partial charge is 0.164 e. The van der Waals surface area contributed by atoms with Gasteiger partial charge in [0.15, 0.2) is 17.5 Å². The van der Waals surface area contributed by atoms with Crippen LogP contribution in [0, 0.1) is 0 Å². The number of aliphatic imine (C=N–C) groups is 1. The summed E-state index contributed by atoms with van der Waals surface area (Å²) in [5, 5.41) is 4.67. The zero-order valence-electron chi connectivity index (χ0n) is 24.2. The second kappa shape index (κ2) is 11.4. The highest BCUT2D eigenvalue weighted by molar-refractivity contribution is 5.88. The molecule has 7 aromatic rings. The van der Waals surface area contributed by atoms with E-state index in [9.17, 15) is 0 Å². The van der Waals surface area contributed by atoms with Gasteiger partial charge in [0.2, 0.25) is 0 Å². The summed E-state index contributed by atoms with van der Waals surface area (Å²) >= 11 is 0. The van der Waals surface area contributed by atoms with Crippen LogP contribution in [0.5, 0.6) is 0 Å². The van der Waals surface area contributed by atoms with E-state index in [0.717, 1.165) is 50.7 Å². The minimum absolute atomic E-state index is 0.641. The predicted octanol–water partition coefficient (Wildman–Crippen LogP) is 10.1. The fraction of sp³-hybridized carbons (Fsp3) is 0.0769. The maximum atomic E-state index is 5.00. The summed E-state index contributed by atoms with van der Waals surface area (Å²) < 4.78 is 0. The Balaban J connectivity index is 1.36. The average Bonchev–Trinajstić information content (AvgIpc) is 3.08. The minimum Gasteiger partial charge on any atom is -0.261 e. The summed E-state index contributed by atoms with van der Waals surface area (Å²) in [5.74, 6) is 1.94. The van der Waals surface area contributed by atoms with Crippen molar-refractivity contribution in [2.24, 2.45) is 4.99 Å². The Kier molecular flexibility index (Phi) is 7.02. The van der Waals surface area contributed by atoms with Crippen molar-refractivity contribution in [3.8, 4) is 45.3 Å². The van der Waals surface area contributed by atoms with Crippen molar-refractivity contribution in [3.63, 3.8) is 0 Å². The molecule has 0 aliphatic carbocycles. The molecule has 0 radical (unpaired) electrons. The highest BCUT2D eigenvalue weighted by Crippen LogP contribution is 2.35. The number of nitrogens with zero attached hydrogens (tertiary/aromatic N) is 4. The standard InChI is InChI=1S/C39H30N4/c1-3-26-14-9-15-35(36(26)40-4-2)29-18-20-30(21-19-29)37-41-38(33-22-16-27-10-5-7-12-31(27)24-33)43-39(42-37)34-23-17-28-11-6-8-13-32(28)25-34/h4-25H,3H2,1-2H3/b40-4-. The molecule has 6 aromatic carbocycles. The summed E-state index contributed by atoms with van der Waals surface area (Å²) in [4.78, 5) is 19.7. The van der Waals surface area contributed by atoms with Gasteiger partial charge in [-0.15, -0.1) is 0 Å². The molecule has 4 nitrogen and oxygen atoms in total. The first kappa shape index (κ1) is 26.4. The lowest BCUT2D eigenvalue weighted by Crippen LogP contribution is -2.00. The Labute approximate surface area is 251 Å². The molecule has 43 heavy (non-hydrogen) atoms. The second-order valence-electron chi connectivity index (χ2n) is 10.6. The van der Waals surface area contributed by atoms with Crippen LogP contribution in [0.2, 0.25) is 0 Å². The molecule has 0 atom stereocenters. The zero-order chi connectivity index (χ0) is 29.2. The summed E-state index contributed by atoms with van der Waals surface area (Å²) in [7, 11) is 0. The normalized spacial score (nSPS) is 11.5. The van der Waals surface area contributed by atoms with Crippen molar-refractivity contribution in [2.45, 2.75) is 20.3 Å². The number of hydrogen-bond donors (Lipinski definition) is 0. The highest BCUT2D eigenvalue weighted by Gasteiger charge is 2.14. The molecule has 0 saturated carbocycles. The van der Waals surface area contributed by atoms with Crippen LogP contribution in [0.25, 0.3) is 66.8 Å². The van der Waals surface area contributed by atoms with E-state index in [1.165, 1.54) is 16.3 Å². The van der Waals surface area contributed by atoms with Gasteiger partial charge in [0.05, 0.1) is 5.69 Å². The van der Waals surface area contributed by atoms with Crippen LogP contribution in [0.1, 0.15) is 19.4 Å². The van der Waals surface area contributed by atoms with E-state index in [4.69, 9.17) is 19.9 Å². The number of fused-ring (bicyclic) bond motifs is 2. The maximum absolute atomic E-state index is 5.00. The van der Waals surface area contributed by atoms with Crippen LogP contribution >= 0.6 is 0 Å². The number of para-hydroxylation sites is 1. The first-order valence-electron chi connectivity index (χ1n) is 14.7. The van der Waals surface area contributed by atoms with E-state index in [0.29, 0.717) is 17.5 Å². The molecule has 1 heterocycles. The summed E-state index contributed by atoms with van der Waals surface area (Å²) in [6.45, 7) is 4.12. The Morgan fingerprint density at radius 2 is 1.00 bits per heavy atom. The summed E-state index contributed by atoms with van der Waals surface area (Å²) in [6, 6.07) is 44.3. The lowest BCUT2D eigenvalue weighted by molar-refractivity contribution is 1.08. The van der Waals surface area contributed by atoms with Crippen molar-refractivity contribution in [1.29, 1.82) is 0 Å². The Hall–Kier alpha value is -5.48. The van der Waals surface area contributed by atoms with Gasteiger partial charge in [0, 0.05) is 28.5 Å². The van der Waals surface area contributed by atoms with Crippen molar-refractivity contribution < 1.29 is 0 Å². The molecule has 0 fully saturated rings. The molecule has 0 bridgehead atoms. The largest absolute Gasteiger partial charge is 0.261 e. The Morgan fingerprint density at radius 3 is 1.53 bits per heavy atom. The van der Waals surface area contributed by atoms with Crippen LogP contribution < -0.4 is 0 Å². The lowest BCUT2D eigenvalue weighted by Gasteiger charge is -2.12. The second-order valence-corrected chi connectivity index (χ2v) is 10.6. The molecule has 0 unspecified atom stereocenters. The van der Waals surface area contributed by atoms with Gasteiger partial charge >= 0.3 is 0 Å². The van der Waals surface area contributed by atoms with Crippen LogP contribution in [-0.2, 0) is 6.42 Å². The van der Waals surface area contributed by atoms with Gasteiger partial charge in [-0.2, -0.15) is 0 Å². The van der Waals surface area contributed by atoms with E-state index >= 15 is 0 Å². The third kappa shape index (κ3) is 5.20. The first-order chi connectivity index (χ1) is 21.2. The third-order valence-electron chi connectivity index (χ3n) is 7.86. The number of hydrogen-bond acceptors (Lipinski definition) is 4. The zero-order valence-corrected chi connectivity index (χ0v) is 24.2. The van der Waals surface area contributed by atoms with Crippen LogP contribution in [0.3, 0.4) is 0 Å². The molecule has 1 aromatic heterocycles. The van der Waals surface area contributed by atoms with Gasteiger partial charge in [0.25, 0.3) is 0 Å². The summed E-state index contributed by atoms with van der Waals surface area (Å²) in [5.41, 5.74) is 7.34. The average molecular weight is 555 g/mol. The third-order valence-corrected chi connectivity index (χ3v) is 7.86. The van der Waals surface area contributed by atoms with Gasteiger partial charge in [-0.05, 0) is 58.1 Å². The molecule has 0 amide bonds. The Bertz CT molecular complexity index is 2030. The van der Waals surface area contributed by atoms with E-state index in [1.54, 1.807) is 0 Å². The number of aryl methyl sites for hydroxylation is 1. The van der Waals surface area contributed by atoms with E-state index in [-0.39, 0.29) is 0 Å². The van der Waals surface area contributed by atoms with Crippen LogP contribution in [-0.4, -0.2) is 21.2 Å². The fourth-order valence-electron chi connectivity index (χ4n) is 5.61. The fourth-order valence-corrected chi connectivity index (χ4v) is 5.61. The predicted molar refractivity (Wildman–Crippen MR) is 180 cm³/mol. The molecule has 0 aliphatic heterocycles. The van der Waals surface area contributed by atoms with Crippen molar-refractivity contribution in [3.05, 3.63) is 133 Å². The molecule has 0 spiro atoms. The van der Waals surface area contributed by atoms with Gasteiger partial charge in [-0.1, -0.05) is 122 Å². The van der Waals surface area contributed by atoms with E-state index in [2.05, 4.69) is 134 Å². The van der Waals surface area contributed by atoms with Crippen molar-refractivity contribution >= 4 is 33.4 Å². The van der Waals surface area contributed by atoms with Gasteiger partial charge in [-0.25, -0.2) is 15.0 Å². The molecular weight excluding hydrogens is 524 g/mol. The monoisotopic (exact) mass is 554 g/mol. The number of benzene rings is 6. The number of rotatable bonds is 6. The molecule has 7 rings (SSSR count). The minimum atomic E-state index is 0.641. The molecule has 0 N–H and O–H groups in total. The maximum Gasteiger partial charge on any atom is 0.164 e. The van der Waals surface area contributed by atoms with E-state index in [1.807, 2.05) is 13.1 Å². The molecule has 206 valence electrons. The molecular formula is C39H30N4. The quantitative estimate of drug-likeness (QED) is 0.192. The van der Waals surface area contributed by atoms with Crippen LogP contribution in [0.4, 0.5) is 5.69 Å². The summed E-state index contributed by atoms with van der Waals surface area (Å²) in [6.07, 6.45) is 2.79.